The zero-order chi connectivity index (χ0) is 14.2. The molecule has 1 aromatic rings. The first kappa shape index (κ1) is 15.0. The van der Waals surface area contributed by atoms with E-state index in [-0.39, 0.29) is 18.6 Å². The number of hydrogen-bond donors (Lipinski definition) is 1. The van der Waals surface area contributed by atoms with E-state index in [4.69, 9.17) is 9.47 Å². The molecule has 1 aliphatic carbocycles. The van der Waals surface area contributed by atoms with Crippen molar-refractivity contribution in [3.63, 3.8) is 0 Å². The van der Waals surface area contributed by atoms with Gasteiger partial charge in [0.25, 0.3) is 0 Å². The Morgan fingerprint density at radius 2 is 2.25 bits per heavy atom. The number of carbonyl (C=O) groups excluding carboxylic acids is 1. The van der Waals surface area contributed by atoms with Crippen molar-refractivity contribution in [3.05, 3.63) is 12.4 Å². The lowest BCUT2D eigenvalue weighted by molar-refractivity contribution is -0.123. The third kappa shape index (κ3) is 4.94. The first-order valence-corrected chi connectivity index (χ1v) is 7.21. The maximum absolute atomic E-state index is 11.8. The smallest absolute Gasteiger partial charge is 0.250 e. The Kier molecular flexibility index (Phi) is 6.01. The summed E-state index contributed by atoms with van der Waals surface area (Å²) in [5.74, 6) is -0.123. The van der Waals surface area contributed by atoms with Gasteiger partial charge in [0.15, 0.2) is 0 Å². The number of carbonyl (C=O) groups is 1. The number of hydrogen-bond acceptors (Lipinski definition) is 4. The van der Waals surface area contributed by atoms with Crippen molar-refractivity contribution in [2.75, 3.05) is 25.6 Å². The number of amides is 1. The predicted octanol–water partition coefficient (Wildman–Crippen LogP) is 1.82. The minimum absolute atomic E-state index is 0.119. The Morgan fingerprint density at radius 1 is 1.45 bits per heavy atom. The van der Waals surface area contributed by atoms with Gasteiger partial charge in [0.2, 0.25) is 5.91 Å². The van der Waals surface area contributed by atoms with Gasteiger partial charge in [-0.25, -0.2) is 0 Å². The molecule has 0 saturated heterocycles. The van der Waals surface area contributed by atoms with Gasteiger partial charge in [-0.15, -0.1) is 0 Å². The Labute approximate surface area is 119 Å². The second-order valence-corrected chi connectivity index (χ2v) is 5.10. The van der Waals surface area contributed by atoms with E-state index in [1.807, 2.05) is 0 Å². The van der Waals surface area contributed by atoms with E-state index >= 15 is 0 Å². The third-order valence-corrected chi connectivity index (χ3v) is 3.44. The molecule has 1 N–H and O–H groups in total. The fourth-order valence-electron chi connectivity index (χ4n) is 2.36. The molecule has 1 fully saturated rings. The van der Waals surface area contributed by atoms with Crippen molar-refractivity contribution in [3.8, 4) is 0 Å². The summed E-state index contributed by atoms with van der Waals surface area (Å²) in [6.07, 6.45) is 9.51. The number of nitrogens with one attached hydrogen (secondary N) is 1. The number of aromatic nitrogens is 2. The standard InChI is InChI=1S/C14H23N3O3/c1-19-8-7-17-10-12(9-15-17)16-14(18)11-20-13-5-3-2-4-6-13/h9-10,13H,2-8,11H2,1H3,(H,16,18). The van der Waals surface area contributed by atoms with Gasteiger partial charge in [-0.1, -0.05) is 19.3 Å². The van der Waals surface area contributed by atoms with Gasteiger partial charge in [-0.05, 0) is 12.8 Å². The van der Waals surface area contributed by atoms with Crippen molar-refractivity contribution in [1.29, 1.82) is 0 Å². The van der Waals surface area contributed by atoms with Crippen LogP contribution in [0.3, 0.4) is 0 Å². The monoisotopic (exact) mass is 281 g/mol. The minimum atomic E-state index is -0.123. The lowest BCUT2D eigenvalue weighted by Crippen LogP contribution is -2.24. The summed E-state index contributed by atoms with van der Waals surface area (Å²) < 4.78 is 12.3. The predicted molar refractivity (Wildman–Crippen MR) is 75.6 cm³/mol. The lowest BCUT2D eigenvalue weighted by Gasteiger charge is -2.21. The van der Waals surface area contributed by atoms with E-state index in [1.165, 1.54) is 19.3 Å². The van der Waals surface area contributed by atoms with Gasteiger partial charge >= 0.3 is 0 Å². The summed E-state index contributed by atoms with van der Waals surface area (Å²) in [5.41, 5.74) is 0.693. The molecule has 0 bridgehead atoms. The lowest BCUT2D eigenvalue weighted by atomic mass is 9.98. The molecule has 1 aliphatic rings. The fourth-order valence-corrected chi connectivity index (χ4v) is 2.36. The highest BCUT2D eigenvalue weighted by molar-refractivity contribution is 5.91. The third-order valence-electron chi connectivity index (χ3n) is 3.44. The molecule has 1 heterocycles. The number of anilines is 1. The summed E-state index contributed by atoms with van der Waals surface area (Å²) >= 11 is 0. The molecular weight excluding hydrogens is 258 g/mol. The molecule has 0 aliphatic heterocycles. The van der Waals surface area contributed by atoms with E-state index in [0.29, 0.717) is 18.8 Å². The molecule has 2 rings (SSSR count). The highest BCUT2D eigenvalue weighted by Gasteiger charge is 2.15. The molecular formula is C14H23N3O3. The maximum atomic E-state index is 11.8. The summed E-state index contributed by atoms with van der Waals surface area (Å²) in [4.78, 5) is 11.8. The topological polar surface area (TPSA) is 65.4 Å². The summed E-state index contributed by atoms with van der Waals surface area (Å²) in [5, 5.41) is 6.93. The van der Waals surface area contributed by atoms with E-state index in [1.54, 1.807) is 24.2 Å². The van der Waals surface area contributed by atoms with Gasteiger partial charge in [0, 0.05) is 13.3 Å². The van der Waals surface area contributed by atoms with Crippen LogP contribution in [0, 0.1) is 0 Å². The molecule has 1 saturated carbocycles. The van der Waals surface area contributed by atoms with Crippen molar-refractivity contribution >= 4 is 11.6 Å². The summed E-state index contributed by atoms with van der Waals surface area (Å²) in [7, 11) is 1.65. The molecule has 0 unspecified atom stereocenters. The van der Waals surface area contributed by atoms with Gasteiger partial charge in [0.1, 0.15) is 6.61 Å². The SMILES string of the molecule is COCCn1cc(NC(=O)COC2CCCCC2)cn1. The largest absolute Gasteiger partial charge is 0.383 e. The zero-order valence-electron chi connectivity index (χ0n) is 12.0. The Hall–Kier alpha value is -1.40. The molecule has 0 radical (unpaired) electrons. The van der Waals surface area contributed by atoms with Crippen LogP contribution in [0.5, 0.6) is 0 Å². The van der Waals surface area contributed by atoms with Crippen LogP contribution in [0.25, 0.3) is 0 Å². The molecule has 0 atom stereocenters. The highest BCUT2D eigenvalue weighted by atomic mass is 16.5. The van der Waals surface area contributed by atoms with Crippen LogP contribution >= 0.6 is 0 Å². The Balaban J connectivity index is 1.69. The van der Waals surface area contributed by atoms with Crippen LogP contribution in [0.2, 0.25) is 0 Å². The van der Waals surface area contributed by atoms with Gasteiger partial charge in [-0.3, -0.25) is 9.48 Å². The summed E-state index contributed by atoms with van der Waals surface area (Å²) in [6, 6.07) is 0. The second-order valence-electron chi connectivity index (χ2n) is 5.10. The van der Waals surface area contributed by atoms with Crippen molar-refractivity contribution < 1.29 is 14.3 Å². The first-order valence-electron chi connectivity index (χ1n) is 7.21. The van der Waals surface area contributed by atoms with Crippen LogP contribution in [-0.4, -0.2) is 42.1 Å². The van der Waals surface area contributed by atoms with Crippen LogP contribution in [0.1, 0.15) is 32.1 Å². The van der Waals surface area contributed by atoms with Crippen molar-refractivity contribution in [1.82, 2.24) is 9.78 Å². The van der Waals surface area contributed by atoms with Gasteiger partial charge in [0.05, 0.1) is 31.1 Å². The molecule has 20 heavy (non-hydrogen) atoms. The van der Waals surface area contributed by atoms with E-state index < -0.39 is 0 Å². The molecule has 1 aromatic heterocycles. The van der Waals surface area contributed by atoms with Gasteiger partial charge < -0.3 is 14.8 Å². The maximum Gasteiger partial charge on any atom is 0.250 e. The molecule has 112 valence electrons. The molecule has 1 amide bonds. The minimum Gasteiger partial charge on any atom is -0.383 e. The molecule has 6 heteroatoms. The first-order chi connectivity index (χ1) is 9.78. The van der Waals surface area contributed by atoms with Gasteiger partial charge in [-0.2, -0.15) is 5.10 Å². The number of methoxy groups -OCH3 is 1. The number of ether oxygens (including phenoxy) is 2. The quantitative estimate of drug-likeness (QED) is 0.828. The average molecular weight is 281 g/mol. The number of rotatable bonds is 7. The summed E-state index contributed by atoms with van der Waals surface area (Å²) in [6.45, 7) is 1.39. The van der Waals surface area contributed by atoms with Crippen molar-refractivity contribution in [2.45, 2.75) is 44.8 Å². The normalized spacial score (nSPS) is 16.2. The highest BCUT2D eigenvalue weighted by Crippen LogP contribution is 2.20. The zero-order valence-corrected chi connectivity index (χ0v) is 12.0. The van der Waals surface area contributed by atoms with Crippen LogP contribution < -0.4 is 5.32 Å². The van der Waals surface area contributed by atoms with E-state index in [2.05, 4.69) is 10.4 Å². The van der Waals surface area contributed by atoms with E-state index in [9.17, 15) is 4.79 Å². The second kappa shape index (κ2) is 8.01. The van der Waals surface area contributed by atoms with Crippen LogP contribution in [-0.2, 0) is 20.8 Å². The fraction of sp³-hybridized carbons (Fsp3) is 0.714. The van der Waals surface area contributed by atoms with E-state index in [0.717, 1.165) is 12.8 Å². The Bertz CT molecular complexity index is 414. The van der Waals surface area contributed by atoms with Crippen molar-refractivity contribution in [2.24, 2.45) is 0 Å². The van der Waals surface area contributed by atoms with Crippen LogP contribution in [0.4, 0.5) is 5.69 Å². The molecule has 0 spiro atoms. The Morgan fingerprint density at radius 3 is 3.00 bits per heavy atom. The number of nitrogens with zero attached hydrogens (tertiary/aromatic N) is 2. The average Bonchev–Trinajstić information content (AvgIpc) is 2.91. The molecule has 6 nitrogen and oxygen atoms in total. The molecule has 0 aromatic carbocycles. The van der Waals surface area contributed by atoms with Crippen LogP contribution in [0.15, 0.2) is 12.4 Å².